The molecule has 1 aromatic rings. The van der Waals surface area contributed by atoms with Crippen LogP contribution in [0.2, 0.25) is 0 Å². The molecule has 0 aromatic heterocycles. The lowest BCUT2D eigenvalue weighted by atomic mass is 10.2. The third-order valence-corrected chi connectivity index (χ3v) is 5.25. The minimum Gasteiger partial charge on any atom is -0.488 e. The summed E-state index contributed by atoms with van der Waals surface area (Å²) in [6.45, 7) is 1.32. The summed E-state index contributed by atoms with van der Waals surface area (Å²) in [5.41, 5.74) is 7.62. The standard InChI is InChI=1S/C13H19N3O2S/c14-12-4-1-10(9-13(12)18-11-2-3-11)16-5-7-19(15,17)8-6-16/h1,4,9,11,15H,2-3,5-8,14H2. The van der Waals surface area contributed by atoms with Crippen molar-refractivity contribution < 1.29 is 8.95 Å². The molecule has 1 aliphatic carbocycles. The topological polar surface area (TPSA) is 79.4 Å². The highest BCUT2D eigenvalue weighted by molar-refractivity contribution is 7.92. The summed E-state index contributed by atoms with van der Waals surface area (Å²) in [5, 5.41) is 0. The fourth-order valence-electron chi connectivity index (χ4n) is 2.17. The molecule has 0 spiro atoms. The molecule has 3 rings (SSSR count). The number of ether oxygens (including phenoxy) is 1. The molecule has 19 heavy (non-hydrogen) atoms. The first-order valence-electron chi connectivity index (χ1n) is 6.59. The summed E-state index contributed by atoms with van der Waals surface area (Å²) >= 11 is 0. The Morgan fingerprint density at radius 1 is 1.32 bits per heavy atom. The van der Waals surface area contributed by atoms with Crippen LogP contribution in [-0.2, 0) is 9.73 Å². The molecule has 5 nitrogen and oxygen atoms in total. The Hall–Kier alpha value is -1.43. The molecule has 104 valence electrons. The van der Waals surface area contributed by atoms with Crippen LogP contribution in [0.25, 0.3) is 0 Å². The Labute approximate surface area is 113 Å². The largest absolute Gasteiger partial charge is 0.488 e. The molecule has 1 aromatic carbocycles. The van der Waals surface area contributed by atoms with E-state index in [0.717, 1.165) is 24.3 Å². The van der Waals surface area contributed by atoms with Gasteiger partial charge < -0.3 is 15.4 Å². The highest BCUT2D eigenvalue weighted by Crippen LogP contribution is 2.33. The van der Waals surface area contributed by atoms with E-state index < -0.39 is 9.73 Å². The van der Waals surface area contributed by atoms with Gasteiger partial charge in [0.15, 0.2) is 0 Å². The van der Waals surface area contributed by atoms with Crippen molar-refractivity contribution in [3.8, 4) is 5.75 Å². The molecular weight excluding hydrogens is 262 g/mol. The van der Waals surface area contributed by atoms with Crippen LogP contribution in [0.4, 0.5) is 11.4 Å². The van der Waals surface area contributed by atoms with E-state index in [2.05, 4.69) is 4.90 Å². The van der Waals surface area contributed by atoms with Gasteiger partial charge in [0.25, 0.3) is 0 Å². The molecule has 0 bridgehead atoms. The smallest absolute Gasteiger partial charge is 0.144 e. The van der Waals surface area contributed by atoms with E-state index in [1.165, 1.54) is 0 Å². The number of nitrogen functional groups attached to an aromatic ring is 1. The average Bonchev–Trinajstić information content (AvgIpc) is 3.16. The lowest BCUT2D eigenvalue weighted by molar-refractivity contribution is 0.305. The summed E-state index contributed by atoms with van der Waals surface area (Å²) in [6.07, 6.45) is 2.54. The van der Waals surface area contributed by atoms with Crippen molar-refractivity contribution >= 4 is 21.1 Å². The van der Waals surface area contributed by atoms with E-state index in [9.17, 15) is 4.21 Å². The van der Waals surface area contributed by atoms with E-state index in [1.807, 2.05) is 18.2 Å². The van der Waals surface area contributed by atoms with E-state index >= 15 is 0 Å². The number of anilines is 2. The number of hydrogen-bond acceptors (Lipinski definition) is 5. The summed E-state index contributed by atoms with van der Waals surface area (Å²) in [7, 11) is -2.35. The minimum absolute atomic E-state index is 0.325. The summed E-state index contributed by atoms with van der Waals surface area (Å²) in [5.74, 6) is 1.63. The van der Waals surface area contributed by atoms with E-state index in [1.54, 1.807) is 0 Å². The second-order valence-electron chi connectivity index (χ2n) is 5.25. The zero-order chi connectivity index (χ0) is 13.5. The molecule has 3 N–H and O–H groups in total. The van der Waals surface area contributed by atoms with Crippen molar-refractivity contribution in [2.45, 2.75) is 18.9 Å². The van der Waals surface area contributed by atoms with Crippen molar-refractivity contribution in [2.24, 2.45) is 0 Å². The molecule has 0 unspecified atom stereocenters. The maximum Gasteiger partial charge on any atom is 0.144 e. The van der Waals surface area contributed by atoms with Crippen LogP contribution in [0.3, 0.4) is 0 Å². The van der Waals surface area contributed by atoms with Gasteiger partial charge >= 0.3 is 0 Å². The van der Waals surface area contributed by atoms with Gasteiger partial charge in [-0.25, -0.2) is 4.21 Å². The molecule has 1 heterocycles. The predicted molar refractivity (Wildman–Crippen MR) is 77.3 cm³/mol. The van der Waals surface area contributed by atoms with Gasteiger partial charge in [-0.15, -0.1) is 0 Å². The maximum absolute atomic E-state index is 11.7. The molecule has 2 aliphatic rings. The molecule has 0 radical (unpaired) electrons. The van der Waals surface area contributed by atoms with Gasteiger partial charge in [-0.1, -0.05) is 0 Å². The first-order chi connectivity index (χ1) is 9.03. The fourth-order valence-corrected chi connectivity index (χ4v) is 3.41. The Bertz CT molecular complexity index is 568. The Morgan fingerprint density at radius 3 is 2.63 bits per heavy atom. The normalized spacial score (nSPS) is 22.2. The first kappa shape index (κ1) is 12.6. The molecule has 1 aliphatic heterocycles. The third-order valence-electron chi connectivity index (χ3n) is 3.56. The summed E-state index contributed by atoms with van der Waals surface area (Å²) in [4.78, 5) is 2.15. The van der Waals surface area contributed by atoms with Crippen LogP contribution < -0.4 is 15.4 Å². The lowest BCUT2D eigenvalue weighted by Gasteiger charge is -2.30. The molecule has 6 heteroatoms. The van der Waals surface area contributed by atoms with Crippen LogP contribution in [0.1, 0.15) is 12.8 Å². The number of rotatable bonds is 3. The molecule has 0 amide bonds. The maximum atomic E-state index is 11.7. The van der Waals surface area contributed by atoms with Gasteiger partial charge in [0.1, 0.15) is 5.75 Å². The molecule has 0 atom stereocenters. The number of benzene rings is 1. The van der Waals surface area contributed by atoms with Crippen LogP contribution in [-0.4, -0.2) is 34.9 Å². The fraction of sp³-hybridized carbons (Fsp3) is 0.538. The second kappa shape index (κ2) is 4.59. The van der Waals surface area contributed by atoms with Gasteiger partial charge in [-0.05, 0) is 25.0 Å². The quantitative estimate of drug-likeness (QED) is 0.826. The minimum atomic E-state index is -2.35. The highest BCUT2D eigenvalue weighted by atomic mass is 32.2. The Morgan fingerprint density at radius 2 is 2.00 bits per heavy atom. The van der Waals surface area contributed by atoms with Crippen molar-refractivity contribution in [1.29, 1.82) is 4.78 Å². The van der Waals surface area contributed by atoms with E-state index in [0.29, 0.717) is 36.4 Å². The van der Waals surface area contributed by atoms with Crippen LogP contribution in [0.15, 0.2) is 18.2 Å². The van der Waals surface area contributed by atoms with Crippen molar-refractivity contribution in [2.75, 3.05) is 35.2 Å². The molecular formula is C13H19N3O2S. The van der Waals surface area contributed by atoms with Crippen molar-refractivity contribution in [3.63, 3.8) is 0 Å². The van der Waals surface area contributed by atoms with Crippen LogP contribution in [0, 0.1) is 4.78 Å². The zero-order valence-electron chi connectivity index (χ0n) is 10.8. The summed E-state index contributed by atoms with van der Waals surface area (Å²) in [6, 6.07) is 5.79. The SMILES string of the molecule is N=S1(=O)CCN(c2ccc(N)c(OC3CC3)c2)CC1. The van der Waals surface area contributed by atoms with Crippen LogP contribution >= 0.6 is 0 Å². The summed E-state index contributed by atoms with van der Waals surface area (Å²) < 4.78 is 25.0. The van der Waals surface area contributed by atoms with Crippen LogP contribution in [0.5, 0.6) is 5.75 Å². The number of nitrogens with one attached hydrogen (secondary N) is 1. The number of nitrogens with zero attached hydrogens (tertiary/aromatic N) is 1. The third kappa shape index (κ3) is 2.94. The number of hydrogen-bond donors (Lipinski definition) is 2. The van der Waals surface area contributed by atoms with E-state index in [4.69, 9.17) is 15.3 Å². The molecule has 1 saturated carbocycles. The average molecular weight is 281 g/mol. The van der Waals surface area contributed by atoms with Crippen molar-refractivity contribution in [3.05, 3.63) is 18.2 Å². The van der Waals surface area contributed by atoms with Gasteiger partial charge in [-0.3, -0.25) is 4.78 Å². The van der Waals surface area contributed by atoms with Gasteiger partial charge in [0.2, 0.25) is 0 Å². The molecule has 1 saturated heterocycles. The van der Waals surface area contributed by atoms with Gasteiger partial charge in [-0.2, -0.15) is 0 Å². The number of nitrogens with two attached hydrogens (primary N) is 1. The second-order valence-corrected chi connectivity index (χ2v) is 7.69. The van der Waals surface area contributed by atoms with E-state index in [-0.39, 0.29) is 0 Å². The first-order valence-corrected chi connectivity index (χ1v) is 8.48. The Balaban J connectivity index is 1.77. The van der Waals surface area contributed by atoms with Gasteiger partial charge in [0, 0.05) is 46.1 Å². The molecule has 2 fully saturated rings. The lowest BCUT2D eigenvalue weighted by Crippen LogP contribution is -2.39. The van der Waals surface area contributed by atoms with Gasteiger partial charge in [0.05, 0.1) is 11.8 Å². The Kier molecular flexibility index (Phi) is 3.05. The monoisotopic (exact) mass is 281 g/mol. The highest BCUT2D eigenvalue weighted by Gasteiger charge is 2.25. The zero-order valence-corrected chi connectivity index (χ0v) is 11.6. The predicted octanol–water partition coefficient (Wildman–Crippen LogP) is 1.68. The van der Waals surface area contributed by atoms with Crippen molar-refractivity contribution in [1.82, 2.24) is 0 Å².